The largest absolute Gasteiger partial charge is 0.480 e. The van der Waals surface area contributed by atoms with E-state index in [1.165, 1.54) is 4.57 Å². The molecule has 1 heterocycles. The summed E-state index contributed by atoms with van der Waals surface area (Å²) in [5, 5.41) is 8.71. The number of thiazole rings is 1. The van der Waals surface area contributed by atoms with Gasteiger partial charge in [0.25, 0.3) is 0 Å². The van der Waals surface area contributed by atoms with E-state index in [9.17, 15) is 9.59 Å². The van der Waals surface area contributed by atoms with Crippen molar-refractivity contribution in [3.63, 3.8) is 0 Å². The molecule has 84 valence electrons. The first-order chi connectivity index (χ1) is 7.61. The van der Waals surface area contributed by atoms with Crippen LogP contribution >= 0.6 is 23.1 Å². The Labute approximate surface area is 99.5 Å². The average molecular weight is 255 g/mol. The average Bonchev–Trinajstić information content (AvgIpc) is 2.54. The summed E-state index contributed by atoms with van der Waals surface area (Å²) in [4.78, 5) is 23.1. The van der Waals surface area contributed by atoms with Gasteiger partial charge in [-0.15, -0.1) is 11.8 Å². The molecule has 0 aliphatic heterocycles. The van der Waals surface area contributed by atoms with Gasteiger partial charge in [-0.05, 0) is 24.5 Å². The van der Waals surface area contributed by atoms with Crippen LogP contribution in [0.1, 0.15) is 0 Å². The van der Waals surface area contributed by atoms with Crippen LogP contribution in [0, 0.1) is 0 Å². The van der Waals surface area contributed by atoms with Crippen LogP contribution in [-0.2, 0) is 11.3 Å². The Morgan fingerprint density at radius 1 is 1.56 bits per heavy atom. The minimum atomic E-state index is -1.00. The molecule has 6 heteroatoms. The summed E-state index contributed by atoms with van der Waals surface area (Å²) >= 11 is 2.67. The van der Waals surface area contributed by atoms with Crippen LogP contribution in [0.5, 0.6) is 0 Å². The first-order valence-corrected chi connectivity index (χ1v) is 6.55. The highest BCUT2D eigenvalue weighted by Gasteiger charge is 2.10. The predicted molar refractivity (Wildman–Crippen MR) is 65.5 cm³/mol. The quantitative estimate of drug-likeness (QED) is 0.851. The molecule has 0 fully saturated rings. The maximum Gasteiger partial charge on any atom is 0.323 e. The van der Waals surface area contributed by atoms with E-state index in [4.69, 9.17) is 5.11 Å². The molecule has 0 aliphatic carbocycles. The smallest absolute Gasteiger partial charge is 0.323 e. The summed E-state index contributed by atoms with van der Waals surface area (Å²) in [5.74, 6) is -1.00. The molecule has 0 amide bonds. The fourth-order valence-corrected chi connectivity index (χ4v) is 2.90. The van der Waals surface area contributed by atoms with Gasteiger partial charge in [-0.3, -0.25) is 14.2 Å². The number of benzene rings is 1. The van der Waals surface area contributed by atoms with E-state index in [0.717, 1.165) is 20.9 Å². The van der Waals surface area contributed by atoms with Gasteiger partial charge in [0.05, 0.1) is 10.2 Å². The number of thioether (sulfide) groups is 1. The number of hydrogen-bond donors (Lipinski definition) is 1. The first kappa shape index (κ1) is 11.2. The summed E-state index contributed by atoms with van der Waals surface area (Å²) < 4.78 is 2.12. The monoisotopic (exact) mass is 255 g/mol. The molecular formula is C10H9NO3S2. The molecule has 0 spiro atoms. The lowest BCUT2D eigenvalue weighted by Crippen LogP contribution is -2.18. The number of carboxylic acid groups (broad SMARTS) is 1. The summed E-state index contributed by atoms with van der Waals surface area (Å²) in [6, 6.07) is 5.59. The van der Waals surface area contributed by atoms with E-state index in [2.05, 4.69) is 0 Å². The third kappa shape index (κ3) is 1.98. The Bertz CT molecular complexity index is 600. The number of fused-ring (bicyclic) bond motifs is 1. The van der Waals surface area contributed by atoms with Gasteiger partial charge in [-0.1, -0.05) is 11.3 Å². The zero-order chi connectivity index (χ0) is 11.7. The van der Waals surface area contributed by atoms with Crippen LogP contribution in [0.3, 0.4) is 0 Å². The molecule has 0 bridgehead atoms. The lowest BCUT2D eigenvalue weighted by molar-refractivity contribution is -0.137. The molecule has 2 rings (SSSR count). The highest BCUT2D eigenvalue weighted by Crippen LogP contribution is 2.23. The number of carboxylic acids is 1. The predicted octanol–water partition coefficient (Wildman–Crippen LogP) is 1.87. The molecule has 0 aliphatic rings. The Balaban J connectivity index is 2.62. The minimum Gasteiger partial charge on any atom is -0.480 e. The molecule has 2 aromatic rings. The molecule has 16 heavy (non-hydrogen) atoms. The second-order valence-corrected chi connectivity index (χ2v) is 5.05. The Morgan fingerprint density at radius 3 is 2.94 bits per heavy atom. The molecular weight excluding hydrogens is 246 g/mol. The van der Waals surface area contributed by atoms with Gasteiger partial charge >= 0.3 is 10.8 Å². The first-order valence-electron chi connectivity index (χ1n) is 4.51. The number of rotatable bonds is 3. The van der Waals surface area contributed by atoms with Gasteiger partial charge in [0.1, 0.15) is 6.54 Å². The zero-order valence-electron chi connectivity index (χ0n) is 8.47. The molecule has 1 aromatic carbocycles. The number of hydrogen-bond acceptors (Lipinski definition) is 4. The van der Waals surface area contributed by atoms with E-state index in [1.807, 2.05) is 18.4 Å². The lowest BCUT2D eigenvalue weighted by Gasteiger charge is -2.00. The third-order valence-corrected chi connectivity index (χ3v) is 3.84. The van der Waals surface area contributed by atoms with Crippen LogP contribution in [-0.4, -0.2) is 21.9 Å². The number of aromatic nitrogens is 1. The Morgan fingerprint density at radius 2 is 2.31 bits per heavy atom. The maximum atomic E-state index is 11.6. The van der Waals surface area contributed by atoms with Gasteiger partial charge in [0.15, 0.2) is 0 Å². The van der Waals surface area contributed by atoms with Crippen molar-refractivity contribution in [3.05, 3.63) is 27.9 Å². The van der Waals surface area contributed by atoms with Crippen LogP contribution < -0.4 is 4.87 Å². The second-order valence-electron chi connectivity index (χ2n) is 3.18. The van der Waals surface area contributed by atoms with Gasteiger partial charge in [0, 0.05) is 4.90 Å². The Kier molecular flexibility index (Phi) is 3.02. The van der Waals surface area contributed by atoms with E-state index in [1.54, 1.807) is 17.8 Å². The molecule has 0 atom stereocenters. The lowest BCUT2D eigenvalue weighted by atomic mass is 10.3. The van der Waals surface area contributed by atoms with Crippen molar-refractivity contribution in [1.82, 2.24) is 4.57 Å². The number of nitrogens with zero attached hydrogens (tertiary/aromatic N) is 1. The summed E-state index contributed by atoms with van der Waals surface area (Å²) in [6.45, 7) is -0.280. The van der Waals surface area contributed by atoms with Crippen LogP contribution in [0.25, 0.3) is 10.2 Å². The van der Waals surface area contributed by atoms with Gasteiger partial charge in [-0.2, -0.15) is 0 Å². The molecule has 0 saturated heterocycles. The maximum absolute atomic E-state index is 11.6. The highest BCUT2D eigenvalue weighted by atomic mass is 32.2. The summed E-state index contributed by atoms with van der Waals surface area (Å²) in [7, 11) is 0. The molecule has 4 nitrogen and oxygen atoms in total. The normalized spacial score (nSPS) is 10.8. The van der Waals surface area contributed by atoms with Crippen molar-refractivity contribution in [2.24, 2.45) is 0 Å². The molecule has 0 unspecified atom stereocenters. The topological polar surface area (TPSA) is 59.3 Å². The van der Waals surface area contributed by atoms with Crippen molar-refractivity contribution in [1.29, 1.82) is 0 Å². The van der Waals surface area contributed by atoms with Gasteiger partial charge in [-0.25, -0.2) is 0 Å². The van der Waals surface area contributed by atoms with E-state index in [-0.39, 0.29) is 11.4 Å². The van der Waals surface area contributed by atoms with Crippen LogP contribution in [0.15, 0.2) is 27.9 Å². The second kappa shape index (κ2) is 4.31. The molecule has 1 N–H and O–H groups in total. The van der Waals surface area contributed by atoms with Crippen molar-refractivity contribution in [2.45, 2.75) is 11.4 Å². The van der Waals surface area contributed by atoms with Gasteiger partial charge in [0.2, 0.25) is 0 Å². The van der Waals surface area contributed by atoms with Crippen molar-refractivity contribution in [3.8, 4) is 0 Å². The van der Waals surface area contributed by atoms with E-state index < -0.39 is 5.97 Å². The van der Waals surface area contributed by atoms with Crippen LogP contribution in [0.4, 0.5) is 0 Å². The number of aliphatic carboxylic acids is 1. The van der Waals surface area contributed by atoms with E-state index >= 15 is 0 Å². The SMILES string of the molecule is CSc1ccc2c(c1)sc(=O)n2CC(=O)O. The van der Waals surface area contributed by atoms with Crippen molar-refractivity contribution in [2.75, 3.05) is 6.26 Å². The van der Waals surface area contributed by atoms with Gasteiger partial charge < -0.3 is 5.11 Å². The highest BCUT2D eigenvalue weighted by molar-refractivity contribution is 7.98. The minimum absolute atomic E-state index is 0.226. The number of carbonyl (C=O) groups is 1. The summed E-state index contributed by atoms with van der Waals surface area (Å²) in [5.41, 5.74) is 0.690. The Hall–Kier alpha value is -1.27. The molecule has 0 saturated carbocycles. The van der Waals surface area contributed by atoms with Crippen LogP contribution in [0.2, 0.25) is 0 Å². The third-order valence-electron chi connectivity index (χ3n) is 2.17. The standard InChI is InChI=1S/C10H9NO3S2/c1-15-6-2-3-7-8(4-6)16-10(14)11(7)5-9(12)13/h2-4H,5H2,1H3,(H,12,13). The zero-order valence-corrected chi connectivity index (χ0v) is 10.1. The molecule has 0 radical (unpaired) electrons. The fraction of sp³-hybridized carbons (Fsp3) is 0.200. The fourth-order valence-electron chi connectivity index (χ4n) is 1.46. The van der Waals surface area contributed by atoms with E-state index in [0.29, 0.717) is 5.52 Å². The molecule has 1 aromatic heterocycles. The van der Waals surface area contributed by atoms with Crippen molar-refractivity contribution >= 4 is 39.3 Å². The van der Waals surface area contributed by atoms with Crippen molar-refractivity contribution < 1.29 is 9.90 Å². The summed E-state index contributed by atoms with van der Waals surface area (Å²) in [6.07, 6.45) is 1.96.